The maximum Gasteiger partial charge on any atom is 0.0333 e. The summed E-state index contributed by atoms with van der Waals surface area (Å²) in [6, 6.07) is 11.3. The average molecular weight is 204 g/mol. The van der Waals surface area contributed by atoms with Crippen LogP contribution in [-0.4, -0.2) is 12.6 Å². The number of hydrogen-bond acceptors (Lipinski definition) is 2. The fraction of sp³-hybridized carbons (Fsp3) is 0.538. The van der Waals surface area contributed by atoms with E-state index in [0.29, 0.717) is 5.92 Å². The van der Waals surface area contributed by atoms with E-state index in [9.17, 15) is 0 Å². The highest BCUT2D eigenvalue weighted by molar-refractivity contribution is 5.19. The van der Waals surface area contributed by atoms with Gasteiger partial charge in [0, 0.05) is 12.1 Å². The molecule has 1 saturated carbocycles. The molecule has 0 unspecified atom stereocenters. The van der Waals surface area contributed by atoms with Gasteiger partial charge < -0.3 is 11.1 Å². The standard InChI is InChI=1S/C13H20N2/c1-10(9-15-12-7-8-12)13(14)11-5-3-2-4-6-11/h2-6,10,12-13,15H,7-9,14H2,1H3/t10-,13+/m0/s1. The van der Waals surface area contributed by atoms with Gasteiger partial charge in [0.15, 0.2) is 0 Å². The fourth-order valence-corrected chi connectivity index (χ4v) is 1.77. The van der Waals surface area contributed by atoms with Gasteiger partial charge in [-0.05, 0) is 30.9 Å². The van der Waals surface area contributed by atoms with Crippen molar-refractivity contribution in [1.82, 2.24) is 5.32 Å². The minimum atomic E-state index is 0.150. The molecule has 0 aliphatic heterocycles. The summed E-state index contributed by atoms with van der Waals surface area (Å²) in [7, 11) is 0. The first-order chi connectivity index (χ1) is 7.27. The number of benzene rings is 1. The molecule has 0 aromatic heterocycles. The Hall–Kier alpha value is -0.860. The van der Waals surface area contributed by atoms with Crippen molar-refractivity contribution in [2.45, 2.75) is 31.8 Å². The van der Waals surface area contributed by atoms with Crippen LogP contribution in [0, 0.1) is 5.92 Å². The molecular weight excluding hydrogens is 184 g/mol. The molecule has 0 heterocycles. The molecular formula is C13H20N2. The largest absolute Gasteiger partial charge is 0.324 e. The van der Waals surface area contributed by atoms with Gasteiger partial charge in [-0.15, -0.1) is 0 Å². The van der Waals surface area contributed by atoms with Gasteiger partial charge in [-0.25, -0.2) is 0 Å². The van der Waals surface area contributed by atoms with Crippen molar-refractivity contribution in [2.24, 2.45) is 11.7 Å². The molecule has 15 heavy (non-hydrogen) atoms. The number of hydrogen-bond donors (Lipinski definition) is 2. The molecule has 0 radical (unpaired) electrons. The Morgan fingerprint density at radius 3 is 2.60 bits per heavy atom. The van der Waals surface area contributed by atoms with Crippen LogP contribution in [0.2, 0.25) is 0 Å². The Morgan fingerprint density at radius 1 is 1.33 bits per heavy atom. The van der Waals surface area contributed by atoms with Crippen molar-refractivity contribution >= 4 is 0 Å². The lowest BCUT2D eigenvalue weighted by molar-refractivity contribution is 0.433. The summed E-state index contributed by atoms with van der Waals surface area (Å²) in [4.78, 5) is 0. The van der Waals surface area contributed by atoms with Crippen LogP contribution in [0.3, 0.4) is 0 Å². The first-order valence-corrected chi connectivity index (χ1v) is 5.81. The van der Waals surface area contributed by atoms with Crippen molar-refractivity contribution in [3.8, 4) is 0 Å². The van der Waals surface area contributed by atoms with Crippen LogP contribution in [0.5, 0.6) is 0 Å². The van der Waals surface area contributed by atoms with Crippen LogP contribution >= 0.6 is 0 Å². The van der Waals surface area contributed by atoms with Crippen LogP contribution in [0.4, 0.5) is 0 Å². The summed E-state index contributed by atoms with van der Waals surface area (Å²) in [5.41, 5.74) is 7.44. The maximum absolute atomic E-state index is 6.21. The fourth-order valence-electron chi connectivity index (χ4n) is 1.77. The highest BCUT2D eigenvalue weighted by Crippen LogP contribution is 2.22. The summed E-state index contributed by atoms with van der Waals surface area (Å²) in [5.74, 6) is 0.494. The summed E-state index contributed by atoms with van der Waals surface area (Å²) in [6.07, 6.45) is 2.68. The highest BCUT2D eigenvalue weighted by atomic mass is 15.0. The number of rotatable bonds is 5. The van der Waals surface area contributed by atoms with Crippen LogP contribution in [0.25, 0.3) is 0 Å². The molecule has 2 heteroatoms. The molecule has 2 rings (SSSR count). The smallest absolute Gasteiger partial charge is 0.0333 e. The molecule has 0 spiro atoms. The van der Waals surface area contributed by atoms with Crippen LogP contribution in [0.15, 0.2) is 30.3 Å². The Kier molecular flexibility index (Phi) is 3.39. The monoisotopic (exact) mass is 204 g/mol. The molecule has 1 aromatic carbocycles. The van der Waals surface area contributed by atoms with Crippen molar-refractivity contribution in [1.29, 1.82) is 0 Å². The lowest BCUT2D eigenvalue weighted by atomic mass is 9.95. The second kappa shape index (κ2) is 4.77. The van der Waals surface area contributed by atoms with Crippen LogP contribution < -0.4 is 11.1 Å². The third-order valence-electron chi connectivity index (χ3n) is 3.10. The number of nitrogens with one attached hydrogen (secondary N) is 1. The lowest BCUT2D eigenvalue weighted by Crippen LogP contribution is -2.30. The maximum atomic E-state index is 6.21. The minimum absolute atomic E-state index is 0.150. The van der Waals surface area contributed by atoms with E-state index >= 15 is 0 Å². The van der Waals surface area contributed by atoms with E-state index in [1.807, 2.05) is 6.07 Å². The minimum Gasteiger partial charge on any atom is -0.324 e. The van der Waals surface area contributed by atoms with Gasteiger partial charge in [-0.3, -0.25) is 0 Å². The van der Waals surface area contributed by atoms with Crippen molar-refractivity contribution in [3.05, 3.63) is 35.9 Å². The van der Waals surface area contributed by atoms with Crippen LogP contribution in [0.1, 0.15) is 31.4 Å². The molecule has 2 nitrogen and oxygen atoms in total. The average Bonchev–Trinajstić information content (AvgIpc) is 3.10. The van der Waals surface area contributed by atoms with Gasteiger partial charge in [0.2, 0.25) is 0 Å². The topological polar surface area (TPSA) is 38.0 Å². The molecule has 0 amide bonds. The van der Waals surface area contributed by atoms with Gasteiger partial charge in [0.25, 0.3) is 0 Å². The van der Waals surface area contributed by atoms with E-state index in [-0.39, 0.29) is 6.04 Å². The Balaban J connectivity index is 1.85. The van der Waals surface area contributed by atoms with Crippen molar-refractivity contribution < 1.29 is 0 Å². The quantitative estimate of drug-likeness (QED) is 0.770. The summed E-state index contributed by atoms with van der Waals surface area (Å²) in [6.45, 7) is 3.24. The van der Waals surface area contributed by atoms with E-state index in [4.69, 9.17) is 5.73 Å². The molecule has 1 fully saturated rings. The van der Waals surface area contributed by atoms with Crippen LogP contribution in [-0.2, 0) is 0 Å². The van der Waals surface area contributed by atoms with E-state index in [0.717, 1.165) is 12.6 Å². The van der Waals surface area contributed by atoms with Gasteiger partial charge in [0.05, 0.1) is 0 Å². The Labute approximate surface area is 91.9 Å². The molecule has 0 bridgehead atoms. The van der Waals surface area contributed by atoms with E-state index < -0.39 is 0 Å². The first kappa shape index (κ1) is 10.7. The molecule has 1 aliphatic rings. The van der Waals surface area contributed by atoms with Gasteiger partial charge in [0.1, 0.15) is 0 Å². The second-order valence-electron chi connectivity index (χ2n) is 4.60. The Bertz CT molecular complexity index is 293. The molecule has 82 valence electrons. The lowest BCUT2D eigenvalue weighted by Gasteiger charge is -2.20. The Morgan fingerprint density at radius 2 is 2.00 bits per heavy atom. The third-order valence-corrected chi connectivity index (χ3v) is 3.10. The zero-order chi connectivity index (χ0) is 10.7. The van der Waals surface area contributed by atoms with Gasteiger partial charge in [-0.2, -0.15) is 0 Å². The molecule has 0 saturated heterocycles. The summed E-state index contributed by atoms with van der Waals surface area (Å²) in [5, 5.41) is 3.53. The zero-order valence-electron chi connectivity index (χ0n) is 9.32. The van der Waals surface area contributed by atoms with E-state index in [1.165, 1.54) is 18.4 Å². The molecule has 3 N–H and O–H groups in total. The van der Waals surface area contributed by atoms with Crippen molar-refractivity contribution in [2.75, 3.05) is 6.54 Å². The second-order valence-corrected chi connectivity index (χ2v) is 4.60. The zero-order valence-corrected chi connectivity index (χ0v) is 9.32. The molecule has 1 aromatic rings. The SMILES string of the molecule is C[C@@H](CNC1CC1)[C@@H](N)c1ccccc1. The molecule has 1 aliphatic carbocycles. The summed E-state index contributed by atoms with van der Waals surface area (Å²) >= 11 is 0. The highest BCUT2D eigenvalue weighted by Gasteiger charge is 2.22. The predicted octanol–water partition coefficient (Wildman–Crippen LogP) is 2.07. The number of nitrogens with two attached hydrogens (primary N) is 1. The third kappa shape index (κ3) is 3.05. The first-order valence-electron chi connectivity index (χ1n) is 5.81. The molecule has 2 atom stereocenters. The normalized spacial score (nSPS) is 19.9. The van der Waals surface area contributed by atoms with E-state index in [2.05, 4.69) is 36.5 Å². The predicted molar refractivity (Wildman–Crippen MR) is 63.6 cm³/mol. The van der Waals surface area contributed by atoms with Gasteiger partial charge in [-0.1, -0.05) is 37.3 Å². The van der Waals surface area contributed by atoms with Gasteiger partial charge >= 0.3 is 0 Å². The van der Waals surface area contributed by atoms with Crippen molar-refractivity contribution in [3.63, 3.8) is 0 Å². The summed E-state index contributed by atoms with van der Waals surface area (Å²) < 4.78 is 0. The van der Waals surface area contributed by atoms with E-state index in [1.54, 1.807) is 0 Å².